The van der Waals surface area contributed by atoms with Gasteiger partial charge in [-0.3, -0.25) is 0 Å². The fraction of sp³-hybridized carbons (Fsp3) is 0.556. The molecule has 1 amide bonds. The van der Waals surface area contributed by atoms with Crippen LogP contribution in [0.2, 0.25) is 5.02 Å². The first-order valence-electron chi connectivity index (χ1n) is 7.99. The van der Waals surface area contributed by atoms with Crippen LogP contribution in [0.1, 0.15) is 45.1 Å². The summed E-state index contributed by atoms with van der Waals surface area (Å²) in [5, 5.41) is 0.624. The van der Waals surface area contributed by atoms with Crippen LogP contribution in [0.3, 0.4) is 0 Å². The minimum absolute atomic E-state index is 0.200. The maximum absolute atomic E-state index is 12.1. The van der Waals surface area contributed by atoms with Crippen LogP contribution in [-0.2, 0) is 9.53 Å². The molecule has 1 aliphatic rings. The van der Waals surface area contributed by atoms with Crippen molar-refractivity contribution in [3.05, 3.63) is 34.9 Å². The fourth-order valence-corrected chi connectivity index (χ4v) is 3.21. The number of aldehydes is 1. The van der Waals surface area contributed by atoms with Gasteiger partial charge in [0.25, 0.3) is 0 Å². The van der Waals surface area contributed by atoms with E-state index in [4.69, 9.17) is 16.3 Å². The van der Waals surface area contributed by atoms with Crippen LogP contribution in [-0.4, -0.2) is 36.0 Å². The third-order valence-corrected chi connectivity index (χ3v) is 4.45. The number of amides is 1. The largest absolute Gasteiger partial charge is 0.444 e. The van der Waals surface area contributed by atoms with Gasteiger partial charge in [-0.15, -0.1) is 0 Å². The summed E-state index contributed by atoms with van der Waals surface area (Å²) in [6.07, 6.45) is 2.24. The molecule has 0 N–H and O–H groups in total. The Balaban J connectivity index is 1.99. The highest BCUT2D eigenvalue weighted by Gasteiger charge is 2.31. The number of hydrogen-bond acceptors (Lipinski definition) is 3. The van der Waals surface area contributed by atoms with Gasteiger partial charge in [0.1, 0.15) is 11.9 Å². The Bertz CT molecular complexity index is 560. The van der Waals surface area contributed by atoms with E-state index in [0.29, 0.717) is 18.1 Å². The Morgan fingerprint density at radius 1 is 1.30 bits per heavy atom. The van der Waals surface area contributed by atoms with E-state index in [1.165, 1.54) is 0 Å². The van der Waals surface area contributed by atoms with E-state index in [1.807, 2.05) is 45.0 Å². The third-order valence-electron chi connectivity index (χ3n) is 4.11. The molecule has 0 radical (unpaired) electrons. The SMILES string of the molecule is CC(C)(C)OC(=O)N1CCC(C(C=O)c2ccccc2Cl)CC1. The summed E-state index contributed by atoms with van der Waals surface area (Å²) in [6.45, 7) is 6.79. The Labute approximate surface area is 142 Å². The second-order valence-electron chi connectivity index (χ2n) is 6.99. The summed E-state index contributed by atoms with van der Waals surface area (Å²) in [5.74, 6) is -0.0180. The molecule has 1 saturated heterocycles. The van der Waals surface area contributed by atoms with Gasteiger partial charge in [-0.05, 0) is 51.2 Å². The molecule has 1 aromatic carbocycles. The predicted molar refractivity (Wildman–Crippen MR) is 90.8 cm³/mol. The number of likely N-dealkylation sites (tertiary alicyclic amines) is 1. The highest BCUT2D eigenvalue weighted by atomic mass is 35.5. The standard InChI is InChI=1S/C18H24ClNO3/c1-18(2,3)23-17(22)20-10-8-13(9-11-20)15(12-21)14-6-4-5-7-16(14)19/h4-7,12-13,15H,8-11H2,1-3H3. The van der Waals surface area contributed by atoms with Gasteiger partial charge in [0, 0.05) is 24.0 Å². The molecule has 2 rings (SSSR count). The number of hydrogen-bond donors (Lipinski definition) is 0. The Morgan fingerprint density at radius 3 is 2.43 bits per heavy atom. The highest BCUT2D eigenvalue weighted by Crippen LogP contribution is 2.35. The average molecular weight is 338 g/mol. The van der Waals surface area contributed by atoms with Crippen LogP contribution in [0.25, 0.3) is 0 Å². The van der Waals surface area contributed by atoms with E-state index in [2.05, 4.69) is 0 Å². The van der Waals surface area contributed by atoms with Crippen molar-refractivity contribution >= 4 is 24.0 Å². The molecule has 23 heavy (non-hydrogen) atoms. The Hall–Kier alpha value is -1.55. The lowest BCUT2D eigenvalue weighted by Gasteiger charge is -2.35. The number of benzene rings is 1. The van der Waals surface area contributed by atoms with Crippen molar-refractivity contribution in [2.45, 2.75) is 45.1 Å². The van der Waals surface area contributed by atoms with Crippen molar-refractivity contribution in [1.29, 1.82) is 0 Å². The normalized spacial score (nSPS) is 17.7. The number of rotatable bonds is 3. The van der Waals surface area contributed by atoms with Crippen LogP contribution in [0.5, 0.6) is 0 Å². The van der Waals surface area contributed by atoms with Gasteiger partial charge >= 0.3 is 6.09 Å². The molecule has 126 valence electrons. The quantitative estimate of drug-likeness (QED) is 0.774. The molecule has 1 aliphatic heterocycles. The maximum Gasteiger partial charge on any atom is 0.410 e. The molecule has 0 saturated carbocycles. The number of carbonyl (C=O) groups excluding carboxylic acids is 2. The van der Waals surface area contributed by atoms with Gasteiger partial charge in [-0.25, -0.2) is 4.79 Å². The van der Waals surface area contributed by atoms with Crippen LogP contribution in [0, 0.1) is 5.92 Å². The summed E-state index contributed by atoms with van der Waals surface area (Å²) in [4.78, 5) is 25.4. The lowest BCUT2D eigenvalue weighted by atomic mass is 9.81. The number of piperidine rings is 1. The molecule has 1 heterocycles. The van der Waals surface area contributed by atoms with Gasteiger partial charge in [0.2, 0.25) is 0 Å². The molecular formula is C18H24ClNO3. The number of ether oxygens (including phenoxy) is 1. The lowest BCUT2D eigenvalue weighted by Crippen LogP contribution is -2.42. The molecule has 1 aromatic rings. The highest BCUT2D eigenvalue weighted by molar-refractivity contribution is 6.31. The average Bonchev–Trinajstić information content (AvgIpc) is 2.49. The Kier molecular flexibility index (Phi) is 5.69. The molecule has 0 aromatic heterocycles. The lowest BCUT2D eigenvalue weighted by molar-refractivity contribution is -0.110. The fourth-order valence-electron chi connectivity index (χ4n) is 2.95. The minimum atomic E-state index is -0.489. The smallest absolute Gasteiger partial charge is 0.410 e. The predicted octanol–water partition coefficient (Wildman–Crippen LogP) is 4.27. The van der Waals surface area contributed by atoms with E-state index >= 15 is 0 Å². The van der Waals surface area contributed by atoms with Crippen LogP contribution < -0.4 is 0 Å². The van der Waals surface area contributed by atoms with Gasteiger partial charge in [-0.1, -0.05) is 29.8 Å². The molecule has 1 unspecified atom stereocenters. The molecular weight excluding hydrogens is 314 g/mol. The first-order valence-corrected chi connectivity index (χ1v) is 8.37. The van der Waals surface area contributed by atoms with Gasteiger partial charge in [-0.2, -0.15) is 0 Å². The van der Waals surface area contributed by atoms with Gasteiger partial charge in [0.15, 0.2) is 0 Å². The zero-order valence-electron chi connectivity index (χ0n) is 13.9. The molecule has 0 aliphatic carbocycles. The van der Waals surface area contributed by atoms with E-state index in [9.17, 15) is 9.59 Å². The second kappa shape index (κ2) is 7.35. The van der Waals surface area contributed by atoms with Crippen molar-refractivity contribution in [2.75, 3.05) is 13.1 Å². The van der Waals surface area contributed by atoms with E-state index in [1.54, 1.807) is 4.90 Å². The summed E-state index contributed by atoms with van der Waals surface area (Å²) in [6, 6.07) is 7.47. The summed E-state index contributed by atoms with van der Waals surface area (Å²) in [5.41, 5.74) is 0.386. The number of halogens is 1. The summed E-state index contributed by atoms with van der Waals surface area (Å²) >= 11 is 6.23. The van der Waals surface area contributed by atoms with E-state index < -0.39 is 5.60 Å². The number of nitrogens with zero attached hydrogens (tertiary/aromatic N) is 1. The van der Waals surface area contributed by atoms with E-state index in [-0.39, 0.29) is 17.9 Å². The minimum Gasteiger partial charge on any atom is -0.444 e. The van der Waals surface area contributed by atoms with Crippen LogP contribution >= 0.6 is 11.6 Å². The molecule has 0 spiro atoms. The second-order valence-corrected chi connectivity index (χ2v) is 7.40. The first kappa shape index (κ1) is 17.8. The molecule has 5 heteroatoms. The van der Waals surface area contributed by atoms with Crippen LogP contribution in [0.4, 0.5) is 4.79 Å². The molecule has 1 fully saturated rings. The molecule has 4 nitrogen and oxygen atoms in total. The molecule has 1 atom stereocenters. The van der Waals surface area contributed by atoms with Crippen molar-refractivity contribution in [3.63, 3.8) is 0 Å². The topological polar surface area (TPSA) is 46.6 Å². The zero-order chi connectivity index (χ0) is 17.0. The first-order chi connectivity index (χ1) is 10.8. The maximum atomic E-state index is 12.1. The van der Waals surface area contributed by atoms with Crippen molar-refractivity contribution < 1.29 is 14.3 Å². The van der Waals surface area contributed by atoms with E-state index in [0.717, 1.165) is 24.7 Å². The van der Waals surface area contributed by atoms with Crippen molar-refractivity contribution in [2.24, 2.45) is 5.92 Å². The monoisotopic (exact) mass is 337 g/mol. The van der Waals surface area contributed by atoms with Crippen molar-refractivity contribution in [1.82, 2.24) is 4.90 Å². The van der Waals surface area contributed by atoms with Crippen LogP contribution in [0.15, 0.2) is 24.3 Å². The van der Waals surface area contributed by atoms with Gasteiger partial charge < -0.3 is 14.4 Å². The number of carbonyl (C=O) groups is 2. The Morgan fingerprint density at radius 2 is 1.91 bits per heavy atom. The third kappa shape index (κ3) is 4.71. The molecule has 0 bridgehead atoms. The summed E-state index contributed by atoms with van der Waals surface area (Å²) in [7, 11) is 0. The van der Waals surface area contributed by atoms with Crippen molar-refractivity contribution in [3.8, 4) is 0 Å². The van der Waals surface area contributed by atoms with Gasteiger partial charge in [0.05, 0.1) is 0 Å². The zero-order valence-corrected chi connectivity index (χ0v) is 14.7. The summed E-state index contributed by atoms with van der Waals surface area (Å²) < 4.78 is 5.40.